The molecule has 7 nitrogen and oxygen atoms in total. The van der Waals surface area contributed by atoms with Crippen LogP contribution in [-0.2, 0) is 27.7 Å². The number of aromatic nitrogens is 2. The number of nitrogens with one attached hydrogen (secondary N) is 1. The van der Waals surface area contributed by atoms with Crippen LogP contribution >= 0.6 is 0 Å². The fraction of sp³-hybridized carbons (Fsp3) is 0.389. The maximum Gasteiger partial charge on any atom is 0.240 e. The quantitative estimate of drug-likeness (QED) is 0.825. The molecule has 2 aliphatic rings. The summed E-state index contributed by atoms with van der Waals surface area (Å²) in [6, 6.07) is 5.00. The second-order valence-electron chi connectivity index (χ2n) is 6.65. The minimum Gasteiger partial charge on any atom is -0.312 e. The Morgan fingerprint density at radius 2 is 2.12 bits per heavy atom. The Morgan fingerprint density at radius 3 is 2.85 bits per heavy atom. The molecule has 0 spiro atoms. The van der Waals surface area contributed by atoms with Crippen molar-refractivity contribution >= 4 is 21.6 Å². The van der Waals surface area contributed by atoms with Gasteiger partial charge in [-0.1, -0.05) is 0 Å². The molecular weight excluding hydrogens is 352 g/mol. The second-order valence-corrected chi connectivity index (χ2v) is 8.42. The Hall–Kier alpha value is -2.32. The molecule has 26 heavy (non-hydrogen) atoms. The van der Waals surface area contributed by atoms with E-state index in [0.29, 0.717) is 19.4 Å². The van der Waals surface area contributed by atoms with E-state index in [1.54, 1.807) is 41.7 Å². The number of hydrogen-bond donors (Lipinski definition) is 1. The van der Waals surface area contributed by atoms with Gasteiger partial charge in [-0.2, -0.15) is 0 Å². The van der Waals surface area contributed by atoms with Crippen molar-refractivity contribution in [2.75, 3.05) is 18.0 Å². The fourth-order valence-electron chi connectivity index (χ4n) is 3.18. The van der Waals surface area contributed by atoms with E-state index in [1.807, 2.05) is 0 Å². The molecule has 0 saturated heterocycles. The molecule has 1 fully saturated rings. The molecule has 0 bridgehead atoms. The molecule has 136 valence electrons. The third kappa shape index (κ3) is 3.47. The van der Waals surface area contributed by atoms with E-state index in [1.165, 1.54) is 0 Å². The van der Waals surface area contributed by atoms with Gasteiger partial charge in [-0.15, -0.1) is 0 Å². The Morgan fingerprint density at radius 1 is 1.27 bits per heavy atom. The molecule has 1 aliphatic heterocycles. The zero-order valence-electron chi connectivity index (χ0n) is 14.3. The van der Waals surface area contributed by atoms with E-state index in [4.69, 9.17) is 0 Å². The summed E-state index contributed by atoms with van der Waals surface area (Å²) in [6.07, 6.45) is 7.88. The largest absolute Gasteiger partial charge is 0.312 e. The molecule has 1 aromatic heterocycles. The second kappa shape index (κ2) is 6.77. The average Bonchev–Trinajstić information content (AvgIpc) is 3.41. The van der Waals surface area contributed by atoms with E-state index in [0.717, 1.165) is 29.8 Å². The molecule has 0 unspecified atom stereocenters. The number of carbonyl (C=O) groups excluding carboxylic acids is 1. The van der Waals surface area contributed by atoms with Gasteiger partial charge in [0, 0.05) is 49.7 Å². The predicted octanol–water partition coefficient (Wildman–Crippen LogP) is 1.30. The van der Waals surface area contributed by atoms with Gasteiger partial charge in [0.05, 0.1) is 10.6 Å². The lowest BCUT2D eigenvalue weighted by Crippen LogP contribution is -2.30. The summed E-state index contributed by atoms with van der Waals surface area (Å²) in [5, 5.41) is 0. The van der Waals surface area contributed by atoms with Crippen molar-refractivity contribution in [3.8, 4) is 0 Å². The summed E-state index contributed by atoms with van der Waals surface area (Å²) in [4.78, 5) is 22.4. The van der Waals surface area contributed by atoms with Gasteiger partial charge in [-0.05, 0) is 43.0 Å². The van der Waals surface area contributed by atoms with Gasteiger partial charge < -0.3 is 4.90 Å². The van der Waals surface area contributed by atoms with Crippen LogP contribution in [0.4, 0.5) is 5.69 Å². The molecule has 2 heterocycles. The van der Waals surface area contributed by atoms with Crippen molar-refractivity contribution in [2.24, 2.45) is 5.92 Å². The molecule has 0 atom stereocenters. The van der Waals surface area contributed by atoms with Crippen molar-refractivity contribution in [3.63, 3.8) is 0 Å². The Bertz CT molecular complexity index is 927. The fourth-order valence-corrected chi connectivity index (χ4v) is 4.26. The summed E-state index contributed by atoms with van der Waals surface area (Å²) in [5.74, 6) is 0.327. The molecule has 1 aliphatic carbocycles. The third-order valence-electron chi connectivity index (χ3n) is 4.74. The van der Waals surface area contributed by atoms with Gasteiger partial charge in [0.15, 0.2) is 0 Å². The average molecular weight is 372 g/mol. The van der Waals surface area contributed by atoms with Gasteiger partial charge in [-0.3, -0.25) is 14.8 Å². The Kier molecular flexibility index (Phi) is 4.46. The number of sulfonamides is 1. The van der Waals surface area contributed by atoms with E-state index in [9.17, 15) is 13.2 Å². The number of benzene rings is 1. The van der Waals surface area contributed by atoms with Gasteiger partial charge in [0.2, 0.25) is 15.9 Å². The molecule has 1 aromatic carbocycles. The molecule has 1 N–H and O–H groups in total. The van der Waals surface area contributed by atoms with Gasteiger partial charge in [0.1, 0.15) is 0 Å². The van der Waals surface area contributed by atoms with Gasteiger partial charge in [-0.25, -0.2) is 13.1 Å². The van der Waals surface area contributed by atoms with Crippen molar-refractivity contribution in [3.05, 3.63) is 48.0 Å². The maximum atomic E-state index is 12.5. The molecular formula is C18H20N4O3S. The molecule has 1 amide bonds. The number of amides is 1. The zero-order valence-corrected chi connectivity index (χ0v) is 15.1. The van der Waals surface area contributed by atoms with Crippen LogP contribution < -0.4 is 9.62 Å². The van der Waals surface area contributed by atoms with E-state index in [-0.39, 0.29) is 23.3 Å². The van der Waals surface area contributed by atoms with Gasteiger partial charge >= 0.3 is 0 Å². The van der Waals surface area contributed by atoms with Crippen molar-refractivity contribution in [1.82, 2.24) is 14.7 Å². The molecule has 2 aromatic rings. The molecule has 8 heteroatoms. The highest BCUT2D eigenvalue weighted by Gasteiger charge is 2.36. The van der Waals surface area contributed by atoms with E-state index < -0.39 is 10.0 Å². The van der Waals surface area contributed by atoms with Crippen molar-refractivity contribution in [1.29, 1.82) is 0 Å². The van der Waals surface area contributed by atoms with Crippen LogP contribution in [0.15, 0.2) is 41.7 Å². The van der Waals surface area contributed by atoms with Crippen LogP contribution in [0.3, 0.4) is 0 Å². The van der Waals surface area contributed by atoms with Crippen LogP contribution in [0.5, 0.6) is 0 Å². The first-order chi connectivity index (χ1) is 12.5. The molecule has 1 saturated carbocycles. The zero-order chi connectivity index (χ0) is 18.1. The number of anilines is 1. The first-order valence-electron chi connectivity index (χ1n) is 8.73. The summed E-state index contributed by atoms with van der Waals surface area (Å²) < 4.78 is 27.7. The lowest BCUT2D eigenvalue weighted by atomic mass is 10.2. The minimum atomic E-state index is -3.60. The number of rotatable bonds is 6. The highest BCUT2D eigenvalue weighted by molar-refractivity contribution is 7.89. The lowest BCUT2D eigenvalue weighted by molar-refractivity contribution is -0.119. The summed E-state index contributed by atoms with van der Waals surface area (Å²) in [5.41, 5.74) is 2.49. The van der Waals surface area contributed by atoms with Crippen molar-refractivity contribution in [2.45, 2.75) is 30.6 Å². The summed E-state index contributed by atoms with van der Waals surface area (Å²) in [6.45, 7) is 0.888. The smallest absolute Gasteiger partial charge is 0.240 e. The first-order valence-corrected chi connectivity index (χ1v) is 10.2. The highest BCUT2D eigenvalue weighted by atomic mass is 32.2. The number of nitrogens with zero attached hydrogens (tertiary/aromatic N) is 3. The number of fused-ring (bicyclic) bond motifs is 1. The standard InChI is InChI=1S/C18H20N4O3S/c23-18(13-1-2-13)22-10-6-14-11-16(3-4-17(14)22)26(24,25)21-7-5-15-12-19-8-9-20-15/h3-4,8-9,11-13,21H,1-2,5-7,10H2. The van der Waals surface area contributed by atoms with E-state index >= 15 is 0 Å². The normalized spacial score (nSPS) is 16.5. The minimum absolute atomic E-state index is 0.159. The predicted molar refractivity (Wildman–Crippen MR) is 96.1 cm³/mol. The Balaban J connectivity index is 1.45. The Labute approximate surface area is 152 Å². The number of carbonyl (C=O) groups is 1. The summed E-state index contributed by atoms with van der Waals surface area (Å²) >= 11 is 0. The molecule has 0 radical (unpaired) electrons. The number of hydrogen-bond acceptors (Lipinski definition) is 5. The van der Waals surface area contributed by atoms with Crippen LogP contribution in [0.2, 0.25) is 0 Å². The van der Waals surface area contributed by atoms with Crippen LogP contribution in [-0.4, -0.2) is 37.4 Å². The maximum absolute atomic E-state index is 12.5. The van der Waals surface area contributed by atoms with Crippen LogP contribution in [0.1, 0.15) is 24.1 Å². The topological polar surface area (TPSA) is 92.3 Å². The van der Waals surface area contributed by atoms with Crippen LogP contribution in [0, 0.1) is 5.92 Å². The molecule has 4 rings (SSSR count). The highest BCUT2D eigenvalue weighted by Crippen LogP contribution is 2.37. The van der Waals surface area contributed by atoms with Crippen LogP contribution in [0.25, 0.3) is 0 Å². The summed E-state index contributed by atoms with van der Waals surface area (Å²) in [7, 11) is -3.60. The van der Waals surface area contributed by atoms with Gasteiger partial charge in [0.25, 0.3) is 0 Å². The first kappa shape index (κ1) is 17.1. The van der Waals surface area contributed by atoms with Crippen molar-refractivity contribution < 1.29 is 13.2 Å². The lowest BCUT2D eigenvalue weighted by Gasteiger charge is -2.17. The monoisotopic (exact) mass is 372 g/mol. The SMILES string of the molecule is O=C(C1CC1)N1CCc2cc(S(=O)(=O)NCCc3cnccn3)ccc21. The third-order valence-corrected chi connectivity index (χ3v) is 6.20. The van der Waals surface area contributed by atoms with E-state index in [2.05, 4.69) is 14.7 Å².